The summed E-state index contributed by atoms with van der Waals surface area (Å²) in [5.41, 5.74) is 4.21. The SMILES string of the molecule is COC(=O)CC[C@@H]1CC(=O)[C@@]2(C)CC[C@@H]3c4ccc(C)cc4CCC3[C@H]12. The number of methoxy groups -OCH3 is 1. The molecule has 26 heavy (non-hydrogen) atoms. The number of rotatable bonds is 3. The Morgan fingerprint density at radius 3 is 2.88 bits per heavy atom. The zero-order chi connectivity index (χ0) is 18.5. The molecule has 0 saturated heterocycles. The van der Waals surface area contributed by atoms with E-state index < -0.39 is 0 Å². The highest BCUT2D eigenvalue weighted by molar-refractivity contribution is 5.87. The Kier molecular flexibility index (Phi) is 4.45. The van der Waals surface area contributed by atoms with Crippen LogP contribution in [0.3, 0.4) is 0 Å². The first-order valence-electron chi connectivity index (χ1n) is 10.1. The van der Waals surface area contributed by atoms with Crippen LogP contribution >= 0.6 is 0 Å². The van der Waals surface area contributed by atoms with Crippen molar-refractivity contribution in [1.82, 2.24) is 0 Å². The molecule has 0 amide bonds. The molecule has 3 heteroatoms. The van der Waals surface area contributed by atoms with Gasteiger partial charge in [-0.25, -0.2) is 0 Å². The van der Waals surface area contributed by atoms with Gasteiger partial charge in [-0.2, -0.15) is 0 Å². The molecule has 4 rings (SSSR count). The predicted octanol–water partition coefficient (Wildman–Crippen LogP) is 4.60. The van der Waals surface area contributed by atoms with Gasteiger partial charge in [-0.15, -0.1) is 0 Å². The van der Waals surface area contributed by atoms with Gasteiger partial charge in [0.25, 0.3) is 0 Å². The average Bonchev–Trinajstić information content (AvgIpc) is 2.89. The van der Waals surface area contributed by atoms with Crippen molar-refractivity contribution in [2.24, 2.45) is 23.2 Å². The summed E-state index contributed by atoms with van der Waals surface area (Å²) in [6.07, 6.45) is 6.33. The van der Waals surface area contributed by atoms with Crippen molar-refractivity contribution in [1.29, 1.82) is 0 Å². The lowest BCUT2D eigenvalue weighted by atomic mass is 9.54. The molecule has 2 fully saturated rings. The number of hydrogen-bond acceptors (Lipinski definition) is 3. The average molecular weight is 354 g/mol. The van der Waals surface area contributed by atoms with Crippen molar-refractivity contribution in [3.8, 4) is 0 Å². The van der Waals surface area contributed by atoms with Crippen molar-refractivity contribution >= 4 is 11.8 Å². The number of hydrogen-bond donors (Lipinski definition) is 0. The Labute approximate surface area is 156 Å². The molecule has 0 N–H and O–H groups in total. The van der Waals surface area contributed by atoms with Gasteiger partial charge in [0.15, 0.2) is 0 Å². The minimum Gasteiger partial charge on any atom is -0.469 e. The highest BCUT2D eigenvalue weighted by Gasteiger charge is 2.58. The maximum atomic E-state index is 12.9. The van der Waals surface area contributed by atoms with Crippen LogP contribution in [0.25, 0.3) is 0 Å². The Morgan fingerprint density at radius 1 is 1.31 bits per heavy atom. The summed E-state index contributed by atoms with van der Waals surface area (Å²) in [5.74, 6) is 2.22. The molecule has 2 saturated carbocycles. The smallest absolute Gasteiger partial charge is 0.305 e. The van der Waals surface area contributed by atoms with Crippen LogP contribution in [-0.4, -0.2) is 18.9 Å². The molecule has 0 bridgehead atoms. The second-order valence-corrected chi connectivity index (χ2v) is 9.00. The summed E-state index contributed by atoms with van der Waals surface area (Å²) in [6, 6.07) is 6.93. The van der Waals surface area contributed by atoms with Crippen LogP contribution in [0.1, 0.15) is 68.1 Å². The van der Waals surface area contributed by atoms with E-state index in [2.05, 4.69) is 32.0 Å². The third-order valence-electron chi connectivity index (χ3n) is 7.67. The van der Waals surface area contributed by atoms with Crippen LogP contribution < -0.4 is 0 Å². The highest BCUT2D eigenvalue weighted by atomic mass is 16.5. The van der Waals surface area contributed by atoms with Crippen LogP contribution in [0, 0.1) is 30.1 Å². The number of aryl methyl sites for hydroxylation is 2. The first-order valence-corrected chi connectivity index (χ1v) is 10.1. The fourth-order valence-electron chi connectivity index (χ4n) is 6.44. The third kappa shape index (κ3) is 2.71. The van der Waals surface area contributed by atoms with E-state index in [9.17, 15) is 9.59 Å². The summed E-state index contributed by atoms with van der Waals surface area (Å²) in [4.78, 5) is 24.6. The molecular weight excluding hydrogens is 324 g/mol. The summed E-state index contributed by atoms with van der Waals surface area (Å²) in [5, 5.41) is 0. The first-order chi connectivity index (χ1) is 12.4. The molecule has 0 radical (unpaired) electrons. The Bertz CT molecular complexity index is 737. The second-order valence-electron chi connectivity index (χ2n) is 9.00. The van der Waals surface area contributed by atoms with Crippen LogP contribution in [0.4, 0.5) is 0 Å². The van der Waals surface area contributed by atoms with Crippen molar-refractivity contribution < 1.29 is 14.3 Å². The van der Waals surface area contributed by atoms with Crippen molar-refractivity contribution in [3.63, 3.8) is 0 Å². The van der Waals surface area contributed by atoms with E-state index in [0.29, 0.717) is 42.3 Å². The molecule has 1 aromatic rings. The summed E-state index contributed by atoms with van der Waals surface area (Å²) >= 11 is 0. The van der Waals surface area contributed by atoms with Gasteiger partial charge in [0.1, 0.15) is 5.78 Å². The van der Waals surface area contributed by atoms with Crippen molar-refractivity contribution in [3.05, 3.63) is 34.9 Å². The molecule has 0 spiro atoms. The predicted molar refractivity (Wildman–Crippen MR) is 101 cm³/mol. The molecule has 3 aliphatic rings. The van der Waals surface area contributed by atoms with Crippen LogP contribution in [0.2, 0.25) is 0 Å². The summed E-state index contributed by atoms with van der Waals surface area (Å²) in [6.45, 7) is 4.38. The molecule has 1 aromatic carbocycles. The first kappa shape index (κ1) is 17.8. The van der Waals surface area contributed by atoms with Gasteiger partial charge in [0, 0.05) is 18.3 Å². The van der Waals surface area contributed by atoms with Gasteiger partial charge in [0.05, 0.1) is 7.11 Å². The number of Topliss-reactive ketones (excluding diaryl/α,β-unsaturated/α-hetero) is 1. The standard InChI is InChI=1S/C23H30O3/c1-14-4-7-17-15(12-14)5-8-19-18(17)10-11-23(2)20(24)13-16(22(19)23)6-9-21(25)26-3/h4,7,12,16,18-19,22H,5-6,8-11,13H2,1-3H3/t16-,18-,19?,22+,23-/m1/s1. The number of ketones is 1. The van der Waals surface area contributed by atoms with Gasteiger partial charge >= 0.3 is 5.97 Å². The van der Waals surface area contributed by atoms with Gasteiger partial charge in [-0.05, 0) is 73.8 Å². The summed E-state index contributed by atoms with van der Waals surface area (Å²) < 4.78 is 4.84. The number of carbonyl (C=O) groups is 2. The number of fused-ring (bicyclic) bond motifs is 5. The maximum Gasteiger partial charge on any atom is 0.305 e. The number of esters is 1. The second kappa shape index (κ2) is 6.51. The fraction of sp³-hybridized carbons (Fsp3) is 0.652. The van der Waals surface area contributed by atoms with Gasteiger partial charge in [0.2, 0.25) is 0 Å². The molecule has 0 heterocycles. The molecule has 3 nitrogen and oxygen atoms in total. The van der Waals surface area contributed by atoms with E-state index in [1.165, 1.54) is 30.2 Å². The quantitative estimate of drug-likeness (QED) is 0.745. The lowest BCUT2D eigenvalue weighted by Crippen LogP contribution is -2.44. The van der Waals surface area contributed by atoms with Crippen LogP contribution in [0.15, 0.2) is 18.2 Å². The van der Waals surface area contributed by atoms with Gasteiger partial charge in [-0.3, -0.25) is 9.59 Å². The molecule has 140 valence electrons. The number of carbonyl (C=O) groups excluding carboxylic acids is 2. The molecule has 3 aliphatic carbocycles. The van der Waals surface area contributed by atoms with Gasteiger partial charge < -0.3 is 4.74 Å². The van der Waals surface area contributed by atoms with E-state index in [4.69, 9.17) is 4.74 Å². The zero-order valence-corrected chi connectivity index (χ0v) is 16.2. The van der Waals surface area contributed by atoms with Crippen LogP contribution in [0.5, 0.6) is 0 Å². The molecular formula is C23H30O3. The topological polar surface area (TPSA) is 43.4 Å². The molecule has 1 unspecified atom stereocenters. The van der Waals surface area contributed by atoms with Crippen LogP contribution in [-0.2, 0) is 20.7 Å². The molecule has 5 atom stereocenters. The molecule has 0 aliphatic heterocycles. The Hall–Kier alpha value is -1.64. The fourth-order valence-corrected chi connectivity index (χ4v) is 6.44. The van der Waals surface area contributed by atoms with E-state index in [0.717, 1.165) is 25.7 Å². The van der Waals surface area contributed by atoms with E-state index in [-0.39, 0.29) is 11.4 Å². The lowest BCUT2D eigenvalue weighted by Gasteiger charge is -2.50. The lowest BCUT2D eigenvalue weighted by molar-refractivity contribution is -0.141. The third-order valence-corrected chi connectivity index (χ3v) is 7.67. The summed E-state index contributed by atoms with van der Waals surface area (Å²) in [7, 11) is 1.45. The van der Waals surface area contributed by atoms with Crippen molar-refractivity contribution in [2.75, 3.05) is 7.11 Å². The zero-order valence-electron chi connectivity index (χ0n) is 16.2. The van der Waals surface area contributed by atoms with Crippen molar-refractivity contribution in [2.45, 2.75) is 64.7 Å². The minimum absolute atomic E-state index is 0.150. The normalized spacial score (nSPS) is 35.4. The van der Waals surface area contributed by atoms with Gasteiger partial charge in [-0.1, -0.05) is 30.7 Å². The van der Waals surface area contributed by atoms with E-state index >= 15 is 0 Å². The molecule has 0 aromatic heterocycles. The van der Waals surface area contributed by atoms with E-state index in [1.807, 2.05) is 0 Å². The Balaban J connectivity index is 1.63. The Morgan fingerprint density at radius 2 is 2.12 bits per heavy atom. The number of benzene rings is 1. The maximum absolute atomic E-state index is 12.9. The number of ether oxygens (including phenoxy) is 1. The van der Waals surface area contributed by atoms with E-state index in [1.54, 1.807) is 0 Å². The highest BCUT2D eigenvalue weighted by Crippen LogP contribution is 2.62. The monoisotopic (exact) mass is 354 g/mol. The largest absolute Gasteiger partial charge is 0.469 e. The minimum atomic E-state index is -0.176.